The summed E-state index contributed by atoms with van der Waals surface area (Å²) in [5, 5.41) is 9.16. The molecule has 1 aromatic rings. The van der Waals surface area contributed by atoms with Gasteiger partial charge in [-0.2, -0.15) is 0 Å². The minimum atomic E-state index is 0.138. The highest BCUT2D eigenvalue weighted by Gasteiger charge is 2.41. The third kappa shape index (κ3) is 3.31. The average Bonchev–Trinajstić information content (AvgIpc) is 2.52. The average molecular weight is 288 g/mol. The van der Waals surface area contributed by atoms with E-state index in [1.54, 1.807) is 0 Å². The maximum Gasteiger partial charge on any atom is 0.0681 e. The molecule has 1 heterocycles. The minimum absolute atomic E-state index is 0.138. The first-order valence-electron chi connectivity index (χ1n) is 8.34. The fraction of sp³-hybridized carbons (Fsp3) is 0.667. The number of benzene rings is 1. The lowest BCUT2D eigenvalue weighted by molar-refractivity contribution is -0.0238. The Bertz CT molecular complexity index is 451. The fourth-order valence-electron chi connectivity index (χ4n) is 4.11. The zero-order valence-corrected chi connectivity index (χ0v) is 13.2. The summed E-state index contributed by atoms with van der Waals surface area (Å²) in [6.07, 6.45) is 6.88. The number of aliphatic hydroxyl groups is 1. The van der Waals surface area contributed by atoms with Crippen molar-refractivity contribution >= 4 is 0 Å². The monoisotopic (exact) mass is 288 g/mol. The molecule has 1 spiro atoms. The Labute approximate surface area is 128 Å². The van der Waals surface area contributed by atoms with Gasteiger partial charge in [0.1, 0.15) is 0 Å². The van der Waals surface area contributed by atoms with E-state index in [9.17, 15) is 0 Å². The molecule has 0 amide bonds. The van der Waals surface area contributed by atoms with Gasteiger partial charge in [0.05, 0.1) is 6.61 Å². The fourth-order valence-corrected chi connectivity index (χ4v) is 4.11. The molecule has 1 aromatic carbocycles. The molecule has 1 aliphatic carbocycles. The van der Waals surface area contributed by atoms with Crippen molar-refractivity contribution in [2.45, 2.75) is 50.8 Å². The van der Waals surface area contributed by atoms with E-state index in [4.69, 9.17) is 5.11 Å². The van der Waals surface area contributed by atoms with Crippen LogP contribution >= 0.6 is 0 Å². The highest BCUT2D eigenvalue weighted by Crippen LogP contribution is 2.37. The Kier molecular flexibility index (Phi) is 4.63. The van der Waals surface area contributed by atoms with Crippen LogP contribution in [0, 0.1) is 0 Å². The normalized spacial score (nSPS) is 23.5. The molecular weight excluding hydrogens is 260 g/mol. The Hall–Kier alpha value is -0.900. The van der Waals surface area contributed by atoms with Crippen LogP contribution in [0.1, 0.15) is 43.2 Å². The van der Waals surface area contributed by atoms with Crippen molar-refractivity contribution in [3.8, 4) is 0 Å². The van der Waals surface area contributed by atoms with E-state index in [1.807, 2.05) is 0 Å². The molecule has 1 N–H and O–H groups in total. The summed E-state index contributed by atoms with van der Waals surface area (Å²) in [6.45, 7) is 4.77. The molecule has 0 unspecified atom stereocenters. The lowest BCUT2D eigenvalue weighted by Crippen LogP contribution is -2.61. The van der Waals surface area contributed by atoms with E-state index in [1.165, 1.54) is 57.3 Å². The Morgan fingerprint density at radius 2 is 1.67 bits per heavy atom. The van der Waals surface area contributed by atoms with Crippen molar-refractivity contribution in [1.82, 2.24) is 9.80 Å². The maximum atomic E-state index is 9.16. The van der Waals surface area contributed by atoms with Gasteiger partial charge in [-0.3, -0.25) is 4.90 Å². The number of aliphatic hydroxyl groups excluding tert-OH is 1. The van der Waals surface area contributed by atoms with Gasteiger partial charge in [-0.25, -0.2) is 0 Å². The minimum Gasteiger partial charge on any atom is -0.392 e. The highest BCUT2D eigenvalue weighted by molar-refractivity contribution is 5.22. The second-order valence-electron chi connectivity index (χ2n) is 6.92. The number of nitrogens with zero attached hydrogens (tertiary/aromatic N) is 2. The zero-order valence-electron chi connectivity index (χ0n) is 13.2. The number of hydrogen-bond acceptors (Lipinski definition) is 3. The predicted octanol–water partition coefficient (Wildman–Crippen LogP) is 2.63. The van der Waals surface area contributed by atoms with Gasteiger partial charge in [-0.1, -0.05) is 43.5 Å². The summed E-state index contributed by atoms with van der Waals surface area (Å²) in [5.41, 5.74) is 2.78. The van der Waals surface area contributed by atoms with Crippen LogP contribution in [-0.4, -0.2) is 47.1 Å². The van der Waals surface area contributed by atoms with Gasteiger partial charge in [0.2, 0.25) is 0 Å². The van der Waals surface area contributed by atoms with Crippen LogP contribution in [0.25, 0.3) is 0 Å². The maximum absolute atomic E-state index is 9.16. The molecule has 0 radical (unpaired) electrons. The second-order valence-corrected chi connectivity index (χ2v) is 6.92. The molecule has 3 rings (SSSR count). The molecule has 0 bridgehead atoms. The summed E-state index contributed by atoms with van der Waals surface area (Å²) in [6, 6.07) is 8.47. The van der Waals surface area contributed by atoms with Crippen LogP contribution in [0.4, 0.5) is 0 Å². The molecule has 2 aliphatic rings. The van der Waals surface area contributed by atoms with E-state index in [0.717, 1.165) is 12.1 Å². The number of likely N-dealkylation sites (N-methyl/N-ethyl adjacent to an activating group) is 1. The van der Waals surface area contributed by atoms with E-state index in [2.05, 4.69) is 41.1 Å². The van der Waals surface area contributed by atoms with Gasteiger partial charge in [-0.15, -0.1) is 0 Å². The lowest BCUT2D eigenvalue weighted by atomic mass is 9.78. The van der Waals surface area contributed by atoms with Crippen LogP contribution in [-0.2, 0) is 13.2 Å². The second kappa shape index (κ2) is 6.47. The van der Waals surface area contributed by atoms with E-state index < -0.39 is 0 Å². The predicted molar refractivity (Wildman–Crippen MR) is 86.1 cm³/mol. The van der Waals surface area contributed by atoms with E-state index in [0.29, 0.717) is 5.54 Å². The number of piperazine rings is 1. The molecule has 3 heteroatoms. The van der Waals surface area contributed by atoms with Gasteiger partial charge in [0.25, 0.3) is 0 Å². The number of rotatable bonds is 3. The topological polar surface area (TPSA) is 26.7 Å². The molecule has 1 saturated carbocycles. The third-order valence-corrected chi connectivity index (χ3v) is 5.35. The molecule has 3 nitrogen and oxygen atoms in total. The Morgan fingerprint density at radius 1 is 1.00 bits per heavy atom. The SMILES string of the molecule is CN1CCN(Cc2ccc(CO)cc2)C2(CCCCC2)C1. The van der Waals surface area contributed by atoms with Crippen molar-refractivity contribution in [3.05, 3.63) is 35.4 Å². The largest absolute Gasteiger partial charge is 0.392 e. The van der Waals surface area contributed by atoms with Crippen molar-refractivity contribution in [3.63, 3.8) is 0 Å². The lowest BCUT2D eigenvalue weighted by Gasteiger charge is -2.52. The molecule has 1 aliphatic heterocycles. The molecule has 0 aromatic heterocycles. The number of hydrogen-bond donors (Lipinski definition) is 1. The molecular formula is C18H28N2O. The van der Waals surface area contributed by atoms with Crippen LogP contribution < -0.4 is 0 Å². The van der Waals surface area contributed by atoms with Crippen LogP contribution in [0.5, 0.6) is 0 Å². The van der Waals surface area contributed by atoms with E-state index >= 15 is 0 Å². The first-order chi connectivity index (χ1) is 10.2. The summed E-state index contributed by atoms with van der Waals surface area (Å²) < 4.78 is 0. The first-order valence-corrected chi connectivity index (χ1v) is 8.34. The molecule has 116 valence electrons. The van der Waals surface area contributed by atoms with Gasteiger partial charge in [0, 0.05) is 31.7 Å². The van der Waals surface area contributed by atoms with Gasteiger partial charge in [-0.05, 0) is 31.0 Å². The molecule has 0 atom stereocenters. The van der Waals surface area contributed by atoms with Crippen LogP contribution in [0.2, 0.25) is 0 Å². The molecule has 1 saturated heterocycles. The van der Waals surface area contributed by atoms with E-state index in [-0.39, 0.29) is 6.61 Å². The van der Waals surface area contributed by atoms with Gasteiger partial charge < -0.3 is 10.0 Å². The quantitative estimate of drug-likeness (QED) is 0.926. The van der Waals surface area contributed by atoms with Crippen molar-refractivity contribution in [2.24, 2.45) is 0 Å². The standard InChI is InChI=1S/C18H28N2O/c1-19-11-12-20(18(15-19)9-3-2-4-10-18)13-16-5-7-17(14-21)8-6-16/h5-8,21H,2-4,9-15H2,1H3. The summed E-state index contributed by atoms with van der Waals surface area (Å²) in [4.78, 5) is 5.25. The summed E-state index contributed by atoms with van der Waals surface area (Å²) >= 11 is 0. The van der Waals surface area contributed by atoms with Crippen LogP contribution in [0.3, 0.4) is 0 Å². The van der Waals surface area contributed by atoms with Gasteiger partial charge >= 0.3 is 0 Å². The third-order valence-electron chi connectivity index (χ3n) is 5.35. The zero-order chi connectivity index (χ0) is 14.7. The van der Waals surface area contributed by atoms with Crippen LogP contribution in [0.15, 0.2) is 24.3 Å². The smallest absolute Gasteiger partial charge is 0.0681 e. The Balaban J connectivity index is 1.74. The van der Waals surface area contributed by atoms with Crippen molar-refractivity contribution in [2.75, 3.05) is 26.7 Å². The summed E-state index contributed by atoms with van der Waals surface area (Å²) in [7, 11) is 2.27. The Morgan fingerprint density at radius 3 is 2.33 bits per heavy atom. The highest BCUT2D eigenvalue weighted by atomic mass is 16.3. The molecule has 21 heavy (non-hydrogen) atoms. The summed E-state index contributed by atoms with van der Waals surface area (Å²) in [5.74, 6) is 0. The first kappa shape index (κ1) is 15.0. The molecule has 2 fully saturated rings. The van der Waals surface area contributed by atoms with Crippen molar-refractivity contribution < 1.29 is 5.11 Å². The van der Waals surface area contributed by atoms with Gasteiger partial charge in [0.15, 0.2) is 0 Å². The van der Waals surface area contributed by atoms with Crippen molar-refractivity contribution in [1.29, 1.82) is 0 Å².